The number of anilines is 3. The molecule has 6 N–H and O–H groups in total. The number of rotatable bonds is 7. The highest BCUT2D eigenvalue weighted by Gasteiger charge is 2.23. The minimum atomic E-state index is -0.348. The Labute approximate surface area is 220 Å². The van der Waals surface area contributed by atoms with Crippen LogP contribution in [-0.2, 0) is 6.54 Å². The number of likely N-dealkylation sites (tertiary alicyclic amines) is 1. The van der Waals surface area contributed by atoms with Crippen LogP contribution >= 0.6 is 0 Å². The van der Waals surface area contributed by atoms with E-state index >= 15 is 0 Å². The van der Waals surface area contributed by atoms with Crippen LogP contribution in [0.3, 0.4) is 0 Å². The third-order valence-electron chi connectivity index (χ3n) is 7.46. The summed E-state index contributed by atoms with van der Waals surface area (Å²) in [6.07, 6.45) is 6.00. The van der Waals surface area contributed by atoms with Crippen LogP contribution in [0.5, 0.6) is 0 Å². The highest BCUT2D eigenvalue weighted by molar-refractivity contribution is 5.90. The molecule has 2 aromatic heterocycles. The molecule has 0 unspecified atom stereocenters. The summed E-state index contributed by atoms with van der Waals surface area (Å²) in [6.45, 7) is 4.29. The molecule has 2 fully saturated rings. The first kappa shape index (κ1) is 25.4. The fourth-order valence-electron chi connectivity index (χ4n) is 5.22. The van der Waals surface area contributed by atoms with Crippen LogP contribution in [0.4, 0.5) is 17.5 Å². The molecular formula is C26H33N11O. The van der Waals surface area contributed by atoms with Gasteiger partial charge in [0, 0.05) is 37.7 Å². The van der Waals surface area contributed by atoms with Gasteiger partial charge in [-0.15, -0.1) is 0 Å². The zero-order valence-corrected chi connectivity index (χ0v) is 21.3. The maximum atomic E-state index is 12.6. The molecule has 198 valence electrons. The number of hydrogen-bond acceptors (Lipinski definition) is 10. The van der Waals surface area contributed by atoms with Crippen molar-refractivity contribution < 1.29 is 0 Å². The number of nitrogens with zero attached hydrogens (tertiary/aromatic N) is 7. The van der Waals surface area contributed by atoms with E-state index in [1.165, 1.54) is 5.56 Å². The Kier molecular flexibility index (Phi) is 7.65. The molecule has 4 heterocycles. The number of nitriles is 1. The van der Waals surface area contributed by atoms with Crippen molar-refractivity contribution in [3.63, 3.8) is 0 Å². The molecule has 1 aromatic carbocycles. The van der Waals surface area contributed by atoms with E-state index in [9.17, 15) is 10.1 Å². The SMILES string of the molecule is N#CC1CCN(c2nc(Nc3ccc(CN4CCC(C/C(N)=N/N)CC4)cc3)c3c(=O)[nH]ncc3n2)CC1. The van der Waals surface area contributed by atoms with Gasteiger partial charge in [-0.2, -0.15) is 20.4 Å². The number of fused-ring (bicyclic) bond motifs is 1. The maximum absolute atomic E-state index is 12.6. The molecule has 0 bridgehead atoms. The lowest BCUT2D eigenvalue weighted by atomic mass is 9.93. The van der Waals surface area contributed by atoms with Crippen molar-refractivity contribution in [2.24, 2.45) is 28.5 Å². The fourth-order valence-corrected chi connectivity index (χ4v) is 5.22. The summed E-state index contributed by atoms with van der Waals surface area (Å²) in [6, 6.07) is 10.5. The van der Waals surface area contributed by atoms with Gasteiger partial charge < -0.3 is 21.8 Å². The van der Waals surface area contributed by atoms with Gasteiger partial charge >= 0.3 is 0 Å². The number of aromatic amines is 1. The predicted molar refractivity (Wildman–Crippen MR) is 147 cm³/mol. The highest BCUT2D eigenvalue weighted by atomic mass is 16.1. The molecule has 0 radical (unpaired) electrons. The fraction of sp³-hybridized carbons (Fsp3) is 0.462. The van der Waals surface area contributed by atoms with Crippen molar-refractivity contribution in [3.05, 3.63) is 46.4 Å². The third kappa shape index (κ3) is 5.84. The molecule has 0 aliphatic carbocycles. The Bertz CT molecular complexity index is 1380. The van der Waals surface area contributed by atoms with E-state index in [4.69, 9.17) is 16.6 Å². The number of piperidine rings is 2. The van der Waals surface area contributed by atoms with Crippen LogP contribution in [0, 0.1) is 23.2 Å². The number of H-pyrrole nitrogens is 1. The first-order valence-corrected chi connectivity index (χ1v) is 13.0. The van der Waals surface area contributed by atoms with Crippen LogP contribution < -0.4 is 27.4 Å². The number of nitrogens with one attached hydrogen (secondary N) is 2. The van der Waals surface area contributed by atoms with Crippen molar-refractivity contribution in [1.29, 1.82) is 5.26 Å². The number of amidine groups is 1. The van der Waals surface area contributed by atoms with Crippen LogP contribution in [-0.4, -0.2) is 57.1 Å². The second-order valence-electron chi connectivity index (χ2n) is 10.1. The summed E-state index contributed by atoms with van der Waals surface area (Å²) in [4.78, 5) is 26.4. The zero-order chi connectivity index (χ0) is 26.5. The molecule has 5 rings (SSSR count). The number of benzene rings is 1. The lowest BCUT2D eigenvalue weighted by Crippen LogP contribution is -2.34. The highest BCUT2D eigenvalue weighted by Crippen LogP contribution is 2.27. The summed E-state index contributed by atoms with van der Waals surface area (Å²) in [5, 5.41) is 22.9. The van der Waals surface area contributed by atoms with E-state index in [1.54, 1.807) is 6.20 Å². The smallest absolute Gasteiger partial charge is 0.277 e. The minimum absolute atomic E-state index is 0.0584. The second kappa shape index (κ2) is 11.4. The van der Waals surface area contributed by atoms with E-state index in [0.29, 0.717) is 47.5 Å². The van der Waals surface area contributed by atoms with E-state index in [-0.39, 0.29) is 11.5 Å². The van der Waals surface area contributed by atoms with Crippen LogP contribution in [0.15, 0.2) is 40.4 Å². The monoisotopic (exact) mass is 515 g/mol. The first-order chi connectivity index (χ1) is 18.5. The molecule has 0 spiro atoms. The molecule has 12 nitrogen and oxygen atoms in total. The van der Waals surface area contributed by atoms with Crippen molar-refractivity contribution in [2.75, 3.05) is 36.4 Å². The standard InChI is InChI=1S/C26H33N11O/c27-14-18-7-11-37(12-8-18)26-32-21-15-30-35-25(38)23(21)24(33-26)31-20-3-1-19(2-4-20)16-36-9-5-17(6-10-36)13-22(28)34-29/h1-4,15,17-18H,5-13,16,29H2,(H2,28,34)(H,35,38)(H,31,32,33). The molecule has 0 amide bonds. The average molecular weight is 516 g/mol. The molecule has 0 atom stereocenters. The largest absolute Gasteiger partial charge is 0.386 e. The van der Waals surface area contributed by atoms with Gasteiger partial charge in [-0.05, 0) is 62.4 Å². The Morgan fingerprint density at radius 3 is 2.55 bits per heavy atom. The topological polar surface area (TPSA) is 178 Å². The Balaban J connectivity index is 1.28. The molecule has 0 saturated carbocycles. The van der Waals surface area contributed by atoms with Gasteiger partial charge in [0.05, 0.1) is 12.3 Å². The van der Waals surface area contributed by atoms with Gasteiger partial charge in [0.2, 0.25) is 5.95 Å². The minimum Gasteiger partial charge on any atom is -0.386 e. The van der Waals surface area contributed by atoms with Gasteiger partial charge in [0.15, 0.2) is 0 Å². The summed E-state index contributed by atoms with van der Waals surface area (Å²) in [7, 11) is 0. The Morgan fingerprint density at radius 2 is 1.87 bits per heavy atom. The number of aromatic nitrogens is 4. The van der Waals surface area contributed by atoms with Crippen molar-refractivity contribution in [3.8, 4) is 6.07 Å². The lowest BCUT2D eigenvalue weighted by molar-refractivity contribution is 0.180. The lowest BCUT2D eigenvalue weighted by Gasteiger charge is -2.31. The van der Waals surface area contributed by atoms with Gasteiger partial charge in [-0.25, -0.2) is 10.1 Å². The number of hydrogen-bond donors (Lipinski definition) is 4. The van der Waals surface area contributed by atoms with Crippen LogP contribution in [0.2, 0.25) is 0 Å². The molecule has 2 saturated heterocycles. The zero-order valence-electron chi connectivity index (χ0n) is 21.3. The van der Waals surface area contributed by atoms with E-state index < -0.39 is 0 Å². The van der Waals surface area contributed by atoms with E-state index in [1.807, 2.05) is 12.1 Å². The van der Waals surface area contributed by atoms with Crippen LogP contribution in [0.1, 0.15) is 37.7 Å². The van der Waals surface area contributed by atoms with Crippen LogP contribution in [0.25, 0.3) is 10.9 Å². The maximum Gasteiger partial charge on any atom is 0.277 e. The summed E-state index contributed by atoms with van der Waals surface area (Å²) >= 11 is 0. The van der Waals surface area contributed by atoms with Crippen molar-refractivity contribution in [1.82, 2.24) is 25.1 Å². The van der Waals surface area contributed by atoms with Crippen molar-refractivity contribution in [2.45, 2.75) is 38.6 Å². The second-order valence-corrected chi connectivity index (χ2v) is 10.1. The summed E-state index contributed by atoms with van der Waals surface area (Å²) in [5.41, 5.74) is 7.96. The average Bonchev–Trinajstić information content (AvgIpc) is 2.95. The molecule has 2 aliphatic rings. The number of nitrogens with two attached hydrogens (primary N) is 2. The van der Waals surface area contributed by atoms with Gasteiger partial charge in [-0.1, -0.05) is 12.1 Å². The van der Waals surface area contributed by atoms with Gasteiger partial charge in [-0.3, -0.25) is 9.69 Å². The van der Waals surface area contributed by atoms with E-state index in [0.717, 1.165) is 57.4 Å². The van der Waals surface area contributed by atoms with Crippen molar-refractivity contribution >= 4 is 34.2 Å². The summed E-state index contributed by atoms with van der Waals surface area (Å²) in [5.74, 6) is 7.36. The number of hydrazone groups is 1. The molecule has 2 aliphatic heterocycles. The molecule has 3 aromatic rings. The first-order valence-electron chi connectivity index (χ1n) is 13.0. The quantitative estimate of drug-likeness (QED) is 0.157. The van der Waals surface area contributed by atoms with Gasteiger partial charge in [0.25, 0.3) is 5.56 Å². The normalized spacial score (nSPS) is 18.0. The molecule has 12 heteroatoms. The third-order valence-corrected chi connectivity index (χ3v) is 7.46. The molecule has 38 heavy (non-hydrogen) atoms. The van der Waals surface area contributed by atoms with E-state index in [2.05, 4.69) is 53.6 Å². The Morgan fingerprint density at radius 1 is 1.13 bits per heavy atom. The Hall–Kier alpha value is -4.24. The molecular weight excluding hydrogens is 482 g/mol. The predicted octanol–water partition coefficient (Wildman–Crippen LogP) is 2.03. The van der Waals surface area contributed by atoms with Gasteiger partial charge in [0.1, 0.15) is 22.6 Å². The summed E-state index contributed by atoms with van der Waals surface area (Å²) < 4.78 is 0.